The molecule has 0 aliphatic rings. The van der Waals surface area contributed by atoms with Gasteiger partial charge in [0.15, 0.2) is 6.10 Å². The zero-order valence-electron chi connectivity index (χ0n) is 12.2. The molecule has 0 aromatic heterocycles. The van der Waals surface area contributed by atoms with Crippen molar-refractivity contribution in [2.75, 3.05) is 6.54 Å². The Bertz CT molecular complexity index is 390. The van der Waals surface area contributed by atoms with Crippen LogP contribution in [0.1, 0.15) is 45.6 Å². The highest BCUT2D eigenvalue weighted by molar-refractivity contribution is 5.80. The summed E-state index contributed by atoms with van der Waals surface area (Å²) < 4.78 is 5.74. The summed E-state index contributed by atoms with van der Waals surface area (Å²) in [6.45, 7) is 6.75. The number of carbonyl (C=O) groups is 1. The van der Waals surface area contributed by atoms with Crippen LogP contribution < -0.4 is 10.1 Å². The van der Waals surface area contributed by atoms with Crippen LogP contribution >= 0.6 is 0 Å². The highest BCUT2D eigenvalue weighted by Gasteiger charge is 2.15. The first-order valence-electron chi connectivity index (χ1n) is 7.21. The van der Waals surface area contributed by atoms with Gasteiger partial charge in [-0.15, -0.1) is 0 Å². The van der Waals surface area contributed by atoms with E-state index in [1.165, 1.54) is 0 Å². The first-order chi connectivity index (χ1) is 9.19. The lowest BCUT2D eigenvalue weighted by Crippen LogP contribution is -2.36. The molecule has 1 atom stereocenters. The lowest BCUT2D eigenvalue weighted by molar-refractivity contribution is -0.127. The molecule has 3 heteroatoms. The van der Waals surface area contributed by atoms with Crippen molar-refractivity contribution in [3.05, 3.63) is 29.8 Å². The molecule has 0 heterocycles. The van der Waals surface area contributed by atoms with E-state index in [0.29, 0.717) is 0 Å². The van der Waals surface area contributed by atoms with Gasteiger partial charge in [-0.1, -0.05) is 44.9 Å². The van der Waals surface area contributed by atoms with Crippen molar-refractivity contribution < 1.29 is 9.53 Å². The summed E-state index contributed by atoms with van der Waals surface area (Å²) >= 11 is 0. The average Bonchev–Trinajstić information content (AvgIpc) is 2.44. The summed E-state index contributed by atoms with van der Waals surface area (Å²) in [5.41, 5.74) is 1.13. The van der Waals surface area contributed by atoms with Gasteiger partial charge in [0.25, 0.3) is 5.91 Å². The third-order valence-electron chi connectivity index (χ3n) is 3.11. The second-order valence-electron chi connectivity index (χ2n) is 4.72. The van der Waals surface area contributed by atoms with Crippen molar-refractivity contribution in [2.24, 2.45) is 0 Å². The Morgan fingerprint density at radius 2 is 2.00 bits per heavy atom. The van der Waals surface area contributed by atoms with Crippen LogP contribution in [0.3, 0.4) is 0 Å². The minimum absolute atomic E-state index is 0.0398. The van der Waals surface area contributed by atoms with Gasteiger partial charge in [-0.2, -0.15) is 0 Å². The zero-order chi connectivity index (χ0) is 14.1. The molecule has 0 radical (unpaired) electrons. The Kier molecular flexibility index (Phi) is 7.01. The summed E-state index contributed by atoms with van der Waals surface area (Å²) in [6, 6.07) is 7.86. The molecule has 19 heavy (non-hydrogen) atoms. The fraction of sp³-hybridized carbons (Fsp3) is 0.562. The predicted octanol–water partition coefficient (Wildman–Crippen LogP) is 3.32. The van der Waals surface area contributed by atoms with Crippen molar-refractivity contribution >= 4 is 5.91 Å². The van der Waals surface area contributed by atoms with Gasteiger partial charge < -0.3 is 10.1 Å². The van der Waals surface area contributed by atoms with E-state index in [1.54, 1.807) is 6.92 Å². The highest BCUT2D eigenvalue weighted by Crippen LogP contribution is 2.19. The van der Waals surface area contributed by atoms with Gasteiger partial charge in [0.2, 0.25) is 0 Å². The van der Waals surface area contributed by atoms with Crippen LogP contribution in [0.25, 0.3) is 0 Å². The van der Waals surface area contributed by atoms with E-state index in [4.69, 9.17) is 4.74 Å². The number of aryl methyl sites for hydroxylation is 1. The highest BCUT2D eigenvalue weighted by atomic mass is 16.5. The van der Waals surface area contributed by atoms with E-state index in [9.17, 15) is 4.79 Å². The summed E-state index contributed by atoms with van der Waals surface area (Å²) in [5.74, 6) is 0.767. The monoisotopic (exact) mass is 263 g/mol. The van der Waals surface area contributed by atoms with Gasteiger partial charge in [0, 0.05) is 6.54 Å². The maximum atomic E-state index is 11.9. The standard InChI is InChI=1S/C16H25NO2/c1-4-6-9-12-17-16(18)13(3)19-15-11-8-7-10-14(15)5-2/h7-8,10-11,13H,4-6,9,12H2,1-3H3,(H,17,18)/t13-/m1/s1. The second kappa shape index (κ2) is 8.57. The number of hydrogen-bond acceptors (Lipinski definition) is 2. The Hall–Kier alpha value is -1.51. The number of rotatable bonds is 8. The van der Waals surface area contributed by atoms with Crippen LogP contribution in [0, 0.1) is 0 Å². The number of para-hydroxylation sites is 1. The number of hydrogen-bond donors (Lipinski definition) is 1. The molecule has 1 N–H and O–H groups in total. The van der Waals surface area contributed by atoms with Crippen molar-refractivity contribution in [1.82, 2.24) is 5.32 Å². The molecular weight excluding hydrogens is 238 g/mol. The van der Waals surface area contributed by atoms with Gasteiger partial charge in [0.1, 0.15) is 5.75 Å². The summed E-state index contributed by atoms with van der Waals surface area (Å²) in [5, 5.41) is 2.91. The van der Waals surface area contributed by atoms with E-state index in [-0.39, 0.29) is 5.91 Å². The van der Waals surface area contributed by atoms with Crippen LogP contribution in [-0.4, -0.2) is 18.6 Å². The van der Waals surface area contributed by atoms with Gasteiger partial charge in [0.05, 0.1) is 0 Å². The Balaban J connectivity index is 2.45. The predicted molar refractivity (Wildman–Crippen MR) is 78.4 cm³/mol. The molecule has 3 nitrogen and oxygen atoms in total. The number of benzene rings is 1. The molecule has 0 saturated carbocycles. The van der Waals surface area contributed by atoms with E-state index in [1.807, 2.05) is 24.3 Å². The molecule has 0 aliphatic heterocycles. The Morgan fingerprint density at radius 3 is 2.68 bits per heavy atom. The second-order valence-corrected chi connectivity index (χ2v) is 4.72. The van der Waals surface area contributed by atoms with Gasteiger partial charge >= 0.3 is 0 Å². The number of carbonyl (C=O) groups excluding carboxylic acids is 1. The van der Waals surface area contributed by atoms with Gasteiger partial charge in [-0.25, -0.2) is 0 Å². The van der Waals surface area contributed by atoms with Crippen LogP contribution in [0.4, 0.5) is 0 Å². The van der Waals surface area contributed by atoms with E-state index in [2.05, 4.69) is 19.2 Å². The lowest BCUT2D eigenvalue weighted by atomic mass is 10.1. The van der Waals surface area contributed by atoms with Gasteiger partial charge in [-0.3, -0.25) is 4.79 Å². The first-order valence-corrected chi connectivity index (χ1v) is 7.21. The quantitative estimate of drug-likeness (QED) is 0.731. The molecule has 1 amide bonds. The topological polar surface area (TPSA) is 38.3 Å². The van der Waals surface area contributed by atoms with Crippen LogP contribution in [0.15, 0.2) is 24.3 Å². The van der Waals surface area contributed by atoms with Crippen LogP contribution in [0.5, 0.6) is 5.75 Å². The fourth-order valence-electron chi connectivity index (χ4n) is 1.89. The summed E-state index contributed by atoms with van der Waals surface area (Å²) in [6.07, 6.45) is 3.79. The molecule has 1 rings (SSSR count). The van der Waals surface area contributed by atoms with E-state index < -0.39 is 6.10 Å². The molecule has 0 saturated heterocycles. The van der Waals surface area contributed by atoms with Crippen molar-refractivity contribution in [2.45, 2.75) is 52.6 Å². The third-order valence-corrected chi connectivity index (χ3v) is 3.11. The van der Waals surface area contributed by atoms with Gasteiger partial charge in [-0.05, 0) is 31.4 Å². The number of unbranched alkanes of at least 4 members (excludes halogenated alkanes) is 2. The van der Waals surface area contributed by atoms with Crippen molar-refractivity contribution in [3.63, 3.8) is 0 Å². The molecule has 0 bridgehead atoms. The number of nitrogens with one attached hydrogen (secondary N) is 1. The molecule has 1 aromatic rings. The SMILES string of the molecule is CCCCCNC(=O)[C@@H](C)Oc1ccccc1CC. The molecule has 0 unspecified atom stereocenters. The largest absolute Gasteiger partial charge is 0.481 e. The molecule has 0 aliphatic carbocycles. The third kappa shape index (κ3) is 5.33. The van der Waals surface area contributed by atoms with Crippen LogP contribution in [-0.2, 0) is 11.2 Å². The maximum absolute atomic E-state index is 11.9. The average molecular weight is 263 g/mol. The molecule has 1 aromatic carbocycles. The van der Waals surface area contributed by atoms with E-state index in [0.717, 1.165) is 43.5 Å². The lowest BCUT2D eigenvalue weighted by Gasteiger charge is -2.16. The van der Waals surface area contributed by atoms with Crippen molar-refractivity contribution in [3.8, 4) is 5.75 Å². The molecule has 0 spiro atoms. The smallest absolute Gasteiger partial charge is 0.260 e. The zero-order valence-corrected chi connectivity index (χ0v) is 12.2. The van der Waals surface area contributed by atoms with Crippen molar-refractivity contribution in [1.29, 1.82) is 0 Å². The normalized spacial score (nSPS) is 11.9. The van der Waals surface area contributed by atoms with Crippen LogP contribution in [0.2, 0.25) is 0 Å². The molecule has 0 fully saturated rings. The Labute approximate surface area is 116 Å². The number of amides is 1. The fourth-order valence-corrected chi connectivity index (χ4v) is 1.89. The Morgan fingerprint density at radius 1 is 1.26 bits per heavy atom. The maximum Gasteiger partial charge on any atom is 0.260 e. The molecule has 106 valence electrons. The number of ether oxygens (including phenoxy) is 1. The molecular formula is C16H25NO2. The minimum atomic E-state index is -0.450. The van der Waals surface area contributed by atoms with E-state index >= 15 is 0 Å². The first kappa shape index (κ1) is 15.5. The summed E-state index contributed by atoms with van der Waals surface area (Å²) in [4.78, 5) is 11.9. The summed E-state index contributed by atoms with van der Waals surface area (Å²) in [7, 11) is 0. The minimum Gasteiger partial charge on any atom is -0.481 e.